The van der Waals surface area contributed by atoms with E-state index in [1.54, 1.807) is 6.20 Å². The summed E-state index contributed by atoms with van der Waals surface area (Å²) in [5.74, 6) is 0. The molecule has 6 rings (SSSR count). The van der Waals surface area contributed by atoms with Gasteiger partial charge in [0, 0.05) is 79.1 Å². The molecular weight excluding hydrogens is 436 g/mol. The van der Waals surface area contributed by atoms with Crippen molar-refractivity contribution in [2.24, 2.45) is 0 Å². The minimum atomic E-state index is 0.639. The van der Waals surface area contributed by atoms with Gasteiger partial charge in [0.05, 0.1) is 34.3 Å². The lowest BCUT2D eigenvalue weighted by Gasteiger charge is -2.27. The number of rotatable bonds is 5. The minimum absolute atomic E-state index is 0.639. The summed E-state index contributed by atoms with van der Waals surface area (Å²) in [6.07, 6.45) is 7.67. The van der Waals surface area contributed by atoms with Gasteiger partial charge in [-0.15, -0.1) is 0 Å². The number of pyridine rings is 1. The molecule has 0 atom stereocenters. The molecule has 1 aromatic carbocycles. The van der Waals surface area contributed by atoms with Gasteiger partial charge in [0.15, 0.2) is 0 Å². The Hall–Kier alpha value is -3.20. The van der Waals surface area contributed by atoms with Crippen molar-refractivity contribution in [1.29, 1.82) is 0 Å². The van der Waals surface area contributed by atoms with Crippen LogP contribution < -0.4 is 5.32 Å². The second-order valence-corrected chi connectivity index (χ2v) is 9.03. The molecule has 8 nitrogen and oxygen atoms in total. The molecule has 0 radical (unpaired) electrons. The lowest BCUT2D eigenvalue weighted by molar-refractivity contribution is 0.232. The molecule has 9 heteroatoms. The number of piperazine rings is 1. The summed E-state index contributed by atoms with van der Waals surface area (Å²) >= 11 is 6.90. The van der Waals surface area contributed by atoms with Gasteiger partial charge in [0.1, 0.15) is 0 Å². The minimum Gasteiger partial charge on any atom is -0.359 e. The molecule has 5 heterocycles. The van der Waals surface area contributed by atoms with E-state index >= 15 is 0 Å². The highest BCUT2D eigenvalue weighted by Gasteiger charge is 2.18. The second-order valence-electron chi connectivity index (χ2n) is 8.65. The molecule has 0 spiro atoms. The summed E-state index contributed by atoms with van der Waals surface area (Å²) in [5.41, 5.74) is 8.21. The van der Waals surface area contributed by atoms with Gasteiger partial charge in [-0.1, -0.05) is 17.7 Å². The number of H-pyrrole nitrogens is 2. The van der Waals surface area contributed by atoms with Crippen LogP contribution in [0.25, 0.3) is 33.1 Å². The molecule has 1 aliphatic heterocycles. The maximum atomic E-state index is 6.90. The molecule has 0 bridgehead atoms. The number of aryl methyl sites for hydroxylation is 1. The molecule has 0 unspecified atom stereocenters. The average molecular weight is 461 g/mol. The first kappa shape index (κ1) is 20.4. The largest absolute Gasteiger partial charge is 0.359 e. The van der Waals surface area contributed by atoms with E-state index in [2.05, 4.69) is 43.5 Å². The molecule has 0 saturated carbocycles. The van der Waals surface area contributed by atoms with E-state index in [1.807, 2.05) is 35.4 Å². The average Bonchev–Trinajstić information content (AvgIpc) is 3.56. The molecule has 1 fully saturated rings. The van der Waals surface area contributed by atoms with Crippen LogP contribution in [0, 0.1) is 6.92 Å². The normalized spacial score (nSPS) is 15.1. The zero-order valence-electron chi connectivity index (χ0n) is 18.4. The first-order valence-corrected chi connectivity index (χ1v) is 11.6. The van der Waals surface area contributed by atoms with Crippen LogP contribution in [0.5, 0.6) is 0 Å². The summed E-state index contributed by atoms with van der Waals surface area (Å²) in [4.78, 5) is 10.9. The van der Waals surface area contributed by atoms with Crippen molar-refractivity contribution in [1.82, 2.24) is 40.2 Å². The fraction of sp³-hybridized carbons (Fsp3) is 0.292. The van der Waals surface area contributed by atoms with Crippen LogP contribution in [0.2, 0.25) is 5.02 Å². The van der Waals surface area contributed by atoms with Crippen LogP contribution in [-0.4, -0.2) is 61.0 Å². The number of benzene rings is 1. The molecule has 5 aromatic rings. The Morgan fingerprint density at radius 2 is 1.97 bits per heavy atom. The topological polar surface area (TPSA) is 90.5 Å². The number of hydrogen-bond acceptors (Lipinski definition) is 5. The highest BCUT2D eigenvalue weighted by Crippen LogP contribution is 2.37. The molecule has 0 amide bonds. The van der Waals surface area contributed by atoms with Gasteiger partial charge in [-0.05, 0) is 24.6 Å². The van der Waals surface area contributed by atoms with Crippen molar-refractivity contribution < 1.29 is 0 Å². The molecule has 1 aliphatic rings. The van der Waals surface area contributed by atoms with E-state index < -0.39 is 0 Å². The predicted octanol–water partition coefficient (Wildman–Crippen LogP) is 3.72. The summed E-state index contributed by atoms with van der Waals surface area (Å²) in [6.45, 7) is 7.88. The lowest BCUT2D eigenvalue weighted by Crippen LogP contribution is -2.43. The molecule has 168 valence electrons. The number of hydrogen-bond donors (Lipinski definition) is 3. The Bertz CT molecular complexity index is 1430. The zero-order chi connectivity index (χ0) is 22.4. The van der Waals surface area contributed by atoms with Crippen molar-refractivity contribution in [3.63, 3.8) is 0 Å². The SMILES string of the molecule is Cc1nc2c(-c3ccc4nn(Cc5cn[nH]c5)cc4c3Cl)c[nH]c2cc1CN1CCNCC1. The summed E-state index contributed by atoms with van der Waals surface area (Å²) in [5, 5.41) is 16.5. The quantitative estimate of drug-likeness (QED) is 0.372. The Kier molecular flexibility index (Phi) is 5.13. The third kappa shape index (κ3) is 3.80. The third-order valence-electron chi connectivity index (χ3n) is 6.41. The molecule has 0 aliphatic carbocycles. The molecule has 33 heavy (non-hydrogen) atoms. The van der Waals surface area contributed by atoms with Gasteiger partial charge in [-0.3, -0.25) is 19.7 Å². The van der Waals surface area contributed by atoms with Crippen LogP contribution >= 0.6 is 11.6 Å². The first-order chi connectivity index (χ1) is 16.2. The Morgan fingerprint density at radius 1 is 1.09 bits per heavy atom. The van der Waals surface area contributed by atoms with Crippen molar-refractivity contribution in [2.75, 3.05) is 26.2 Å². The number of aromatic amines is 2. The van der Waals surface area contributed by atoms with E-state index in [9.17, 15) is 0 Å². The van der Waals surface area contributed by atoms with E-state index in [0.717, 1.165) is 77.0 Å². The standard InChI is InChI=1S/C24H25ClN8/c1-15-17(13-32-6-4-26-5-7-32)8-22-24(30-15)19(11-27-22)18-2-3-21-20(23(18)25)14-33(31-21)12-16-9-28-29-10-16/h2-3,8-11,14,26-27H,4-7,12-13H2,1H3,(H,28,29). The second kappa shape index (κ2) is 8.30. The van der Waals surface area contributed by atoms with Gasteiger partial charge in [-0.25, -0.2) is 0 Å². The number of nitrogens with zero attached hydrogens (tertiary/aromatic N) is 5. The highest BCUT2D eigenvalue weighted by atomic mass is 35.5. The van der Waals surface area contributed by atoms with Gasteiger partial charge >= 0.3 is 0 Å². The fourth-order valence-corrected chi connectivity index (χ4v) is 4.92. The molecular formula is C24H25ClN8. The summed E-state index contributed by atoms with van der Waals surface area (Å²) < 4.78 is 1.89. The molecule has 4 aromatic heterocycles. The van der Waals surface area contributed by atoms with Crippen LogP contribution in [0.1, 0.15) is 16.8 Å². The maximum absolute atomic E-state index is 6.90. The number of halogens is 1. The van der Waals surface area contributed by atoms with Crippen LogP contribution in [0.15, 0.2) is 43.0 Å². The van der Waals surface area contributed by atoms with Gasteiger partial charge < -0.3 is 10.3 Å². The van der Waals surface area contributed by atoms with Crippen LogP contribution in [0.3, 0.4) is 0 Å². The summed E-state index contributed by atoms with van der Waals surface area (Å²) in [7, 11) is 0. The molecule has 1 saturated heterocycles. The maximum Gasteiger partial charge on any atom is 0.0961 e. The van der Waals surface area contributed by atoms with Crippen LogP contribution in [0.4, 0.5) is 0 Å². The predicted molar refractivity (Wildman–Crippen MR) is 130 cm³/mol. The fourth-order valence-electron chi connectivity index (χ4n) is 4.61. The van der Waals surface area contributed by atoms with E-state index in [4.69, 9.17) is 16.6 Å². The third-order valence-corrected chi connectivity index (χ3v) is 6.82. The number of aromatic nitrogens is 6. The van der Waals surface area contributed by atoms with Crippen molar-refractivity contribution in [3.05, 3.63) is 64.8 Å². The van der Waals surface area contributed by atoms with Gasteiger partial charge in [-0.2, -0.15) is 10.2 Å². The zero-order valence-corrected chi connectivity index (χ0v) is 19.2. The number of fused-ring (bicyclic) bond motifs is 2. The van der Waals surface area contributed by atoms with E-state index in [1.165, 1.54) is 5.56 Å². The Labute approximate surface area is 196 Å². The number of nitrogens with one attached hydrogen (secondary N) is 3. The first-order valence-electron chi connectivity index (χ1n) is 11.2. The monoisotopic (exact) mass is 460 g/mol. The highest BCUT2D eigenvalue weighted by molar-refractivity contribution is 6.38. The lowest BCUT2D eigenvalue weighted by atomic mass is 10.0. The van der Waals surface area contributed by atoms with E-state index in [0.29, 0.717) is 11.6 Å². The van der Waals surface area contributed by atoms with Crippen molar-refractivity contribution in [3.8, 4) is 11.1 Å². The van der Waals surface area contributed by atoms with Crippen molar-refractivity contribution in [2.45, 2.75) is 20.0 Å². The Morgan fingerprint density at radius 3 is 2.79 bits per heavy atom. The summed E-state index contributed by atoms with van der Waals surface area (Å²) in [6, 6.07) is 6.29. The van der Waals surface area contributed by atoms with E-state index in [-0.39, 0.29) is 0 Å². The smallest absolute Gasteiger partial charge is 0.0961 e. The van der Waals surface area contributed by atoms with Gasteiger partial charge in [0.2, 0.25) is 0 Å². The Balaban J connectivity index is 1.35. The van der Waals surface area contributed by atoms with Crippen LogP contribution in [-0.2, 0) is 13.1 Å². The van der Waals surface area contributed by atoms with Crippen molar-refractivity contribution >= 4 is 33.5 Å². The van der Waals surface area contributed by atoms with Gasteiger partial charge in [0.25, 0.3) is 0 Å². The molecule has 3 N–H and O–H groups in total.